The molecule has 0 radical (unpaired) electrons. The largest absolute Gasteiger partial charge is 0.353 e. The maximum absolute atomic E-state index is 13.6. The molecule has 2 aromatic carbocycles. The summed E-state index contributed by atoms with van der Waals surface area (Å²) in [5.41, 5.74) is 4.89. The fourth-order valence-electron chi connectivity index (χ4n) is 4.18. The van der Waals surface area contributed by atoms with Gasteiger partial charge in [0, 0.05) is 42.0 Å². The molecule has 32 heavy (non-hydrogen) atoms. The van der Waals surface area contributed by atoms with Crippen LogP contribution in [-0.2, 0) is 4.79 Å². The molecule has 8 nitrogen and oxygen atoms in total. The molecule has 158 valence electrons. The highest BCUT2D eigenvalue weighted by Gasteiger charge is 2.24. The van der Waals surface area contributed by atoms with Crippen molar-refractivity contribution in [2.24, 2.45) is 0 Å². The van der Waals surface area contributed by atoms with Crippen LogP contribution in [-0.4, -0.2) is 50.1 Å². The second kappa shape index (κ2) is 7.16. The van der Waals surface area contributed by atoms with Crippen LogP contribution in [0.1, 0.15) is 0 Å². The number of halogens is 1. The lowest BCUT2D eigenvalue weighted by atomic mass is 10.0. The molecule has 4 heterocycles. The molecule has 1 aliphatic heterocycles. The summed E-state index contributed by atoms with van der Waals surface area (Å²) in [6.45, 7) is 1.42. The summed E-state index contributed by atoms with van der Waals surface area (Å²) >= 11 is 0. The molecule has 0 atom stereocenters. The number of imidazole rings is 1. The van der Waals surface area contributed by atoms with Crippen molar-refractivity contribution >= 4 is 28.3 Å². The van der Waals surface area contributed by atoms with Gasteiger partial charge in [-0.3, -0.25) is 14.3 Å². The Morgan fingerprint density at radius 3 is 2.75 bits per heavy atom. The van der Waals surface area contributed by atoms with Gasteiger partial charge in [-0.15, -0.1) is 0 Å². The number of piperazine rings is 1. The van der Waals surface area contributed by atoms with Crippen LogP contribution in [0.3, 0.4) is 0 Å². The smallest absolute Gasteiger partial charge is 0.239 e. The number of amides is 1. The van der Waals surface area contributed by atoms with E-state index in [1.807, 2.05) is 33.7 Å². The molecule has 0 aliphatic carbocycles. The molecule has 0 unspecified atom stereocenters. The van der Waals surface area contributed by atoms with Crippen LogP contribution >= 0.6 is 0 Å². The number of hydrogen-bond acceptors (Lipinski definition) is 5. The molecule has 1 saturated heterocycles. The summed E-state index contributed by atoms with van der Waals surface area (Å²) in [6.07, 6.45) is 5.35. The highest BCUT2D eigenvalue weighted by molar-refractivity contribution is 5.90. The van der Waals surface area contributed by atoms with Crippen LogP contribution in [0, 0.1) is 5.82 Å². The first-order valence-electron chi connectivity index (χ1n) is 10.3. The lowest BCUT2D eigenvalue weighted by molar-refractivity contribution is -0.120. The van der Waals surface area contributed by atoms with Gasteiger partial charge in [0.25, 0.3) is 0 Å². The number of nitrogens with zero attached hydrogens (tertiary/aromatic N) is 5. The Morgan fingerprint density at radius 2 is 1.91 bits per heavy atom. The molecular weight excluding hydrogens is 409 g/mol. The maximum atomic E-state index is 13.6. The molecule has 0 spiro atoms. The number of carbonyl (C=O) groups excluding carboxylic acids is 1. The van der Waals surface area contributed by atoms with E-state index in [2.05, 4.69) is 20.5 Å². The molecule has 0 saturated carbocycles. The van der Waals surface area contributed by atoms with E-state index in [4.69, 9.17) is 4.98 Å². The van der Waals surface area contributed by atoms with Gasteiger partial charge in [0.05, 0.1) is 29.6 Å². The van der Waals surface area contributed by atoms with Crippen molar-refractivity contribution in [2.75, 3.05) is 24.5 Å². The van der Waals surface area contributed by atoms with Crippen LogP contribution < -0.4 is 10.2 Å². The van der Waals surface area contributed by atoms with Crippen LogP contribution in [0.5, 0.6) is 0 Å². The zero-order valence-electron chi connectivity index (χ0n) is 16.9. The predicted molar refractivity (Wildman–Crippen MR) is 119 cm³/mol. The minimum atomic E-state index is -0.305. The third-order valence-electron chi connectivity index (χ3n) is 5.69. The van der Waals surface area contributed by atoms with Gasteiger partial charge < -0.3 is 10.2 Å². The summed E-state index contributed by atoms with van der Waals surface area (Å²) < 4.78 is 15.6. The fraction of sp³-hybridized carbons (Fsp3) is 0.130. The highest BCUT2D eigenvalue weighted by atomic mass is 19.1. The molecule has 9 heteroatoms. The molecule has 1 aliphatic rings. The van der Waals surface area contributed by atoms with Crippen LogP contribution in [0.15, 0.2) is 61.1 Å². The third-order valence-corrected chi connectivity index (χ3v) is 5.69. The first-order valence-corrected chi connectivity index (χ1v) is 10.3. The van der Waals surface area contributed by atoms with Gasteiger partial charge in [0.2, 0.25) is 5.91 Å². The molecule has 5 aromatic rings. The average Bonchev–Trinajstić information content (AvgIpc) is 3.43. The Hall–Kier alpha value is -4.27. The number of aromatic nitrogens is 5. The second-order valence-corrected chi connectivity index (χ2v) is 7.70. The van der Waals surface area contributed by atoms with Crippen molar-refractivity contribution in [1.82, 2.24) is 29.9 Å². The van der Waals surface area contributed by atoms with E-state index >= 15 is 0 Å². The lowest BCUT2D eigenvalue weighted by Gasteiger charge is -2.27. The summed E-state index contributed by atoms with van der Waals surface area (Å²) in [6, 6.07) is 12.3. The van der Waals surface area contributed by atoms with Gasteiger partial charge in [0.15, 0.2) is 11.5 Å². The Kier molecular flexibility index (Phi) is 4.14. The number of nitrogens with one attached hydrogen (secondary N) is 2. The normalized spacial score (nSPS) is 14.3. The van der Waals surface area contributed by atoms with Gasteiger partial charge in [-0.05, 0) is 36.4 Å². The number of rotatable bonds is 3. The Morgan fingerprint density at radius 1 is 1.06 bits per heavy atom. The van der Waals surface area contributed by atoms with Crippen molar-refractivity contribution in [1.29, 1.82) is 0 Å². The number of benzene rings is 2. The molecule has 0 bridgehead atoms. The Bertz CT molecular complexity index is 1470. The van der Waals surface area contributed by atoms with E-state index in [0.717, 1.165) is 27.7 Å². The minimum absolute atomic E-state index is 0.0454. The third kappa shape index (κ3) is 2.97. The number of H-pyrrole nitrogens is 1. The molecule has 1 amide bonds. The van der Waals surface area contributed by atoms with E-state index in [9.17, 15) is 9.18 Å². The van der Waals surface area contributed by atoms with Crippen LogP contribution in [0.25, 0.3) is 39.1 Å². The molecule has 2 N–H and O–H groups in total. The van der Waals surface area contributed by atoms with Crippen molar-refractivity contribution in [3.05, 3.63) is 66.9 Å². The topological polar surface area (TPSA) is 91.2 Å². The maximum Gasteiger partial charge on any atom is 0.239 e. The highest BCUT2D eigenvalue weighted by Crippen LogP contribution is 2.36. The first-order chi connectivity index (χ1) is 15.7. The van der Waals surface area contributed by atoms with Crippen LogP contribution in [0.4, 0.5) is 10.2 Å². The Balaban J connectivity index is 1.61. The average molecular weight is 427 g/mol. The van der Waals surface area contributed by atoms with E-state index in [1.54, 1.807) is 24.5 Å². The molecule has 3 aromatic heterocycles. The van der Waals surface area contributed by atoms with Crippen molar-refractivity contribution in [2.45, 2.75) is 0 Å². The SMILES string of the molecule is O=C1CN(c2nccn3c(-c4ccc5[nH]ncc5c4)c(-c4ccc(F)cc4)nc23)CCN1. The minimum Gasteiger partial charge on any atom is -0.353 e. The van der Waals surface area contributed by atoms with Crippen molar-refractivity contribution in [3.8, 4) is 22.5 Å². The number of fused-ring (bicyclic) bond motifs is 2. The predicted octanol–water partition coefficient (Wildman–Crippen LogP) is 3.01. The zero-order chi connectivity index (χ0) is 21.7. The Labute approximate surface area is 181 Å². The zero-order valence-corrected chi connectivity index (χ0v) is 16.9. The van der Waals surface area contributed by atoms with E-state index in [1.165, 1.54) is 12.1 Å². The summed E-state index contributed by atoms with van der Waals surface area (Å²) in [5, 5.41) is 10.9. The van der Waals surface area contributed by atoms with Crippen LogP contribution in [0.2, 0.25) is 0 Å². The van der Waals surface area contributed by atoms with Gasteiger partial charge in [0.1, 0.15) is 5.82 Å². The molecular formula is C23H18FN7O. The van der Waals surface area contributed by atoms with E-state index < -0.39 is 0 Å². The monoisotopic (exact) mass is 427 g/mol. The van der Waals surface area contributed by atoms with Gasteiger partial charge in [-0.2, -0.15) is 5.10 Å². The summed E-state index contributed by atoms with van der Waals surface area (Å²) in [7, 11) is 0. The van der Waals surface area contributed by atoms with Crippen molar-refractivity contribution < 1.29 is 9.18 Å². The standard InChI is InChI=1S/C23H18FN7O/c24-17-4-1-14(2-5-17)20-21(15-3-6-18-16(11-15)12-27-29-18)31-10-8-26-22(23(31)28-20)30-9-7-25-19(32)13-30/h1-6,8,10-12H,7,9,13H2,(H,25,32)(H,27,29). The first kappa shape index (κ1) is 18.5. The van der Waals surface area contributed by atoms with Crippen molar-refractivity contribution in [3.63, 3.8) is 0 Å². The van der Waals surface area contributed by atoms with E-state index in [0.29, 0.717) is 30.2 Å². The van der Waals surface area contributed by atoms with Gasteiger partial charge >= 0.3 is 0 Å². The quantitative estimate of drug-likeness (QED) is 0.462. The second-order valence-electron chi connectivity index (χ2n) is 7.70. The number of carbonyl (C=O) groups is 1. The summed E-state index contributed by atoms with van der Waals surface area (Å²) in [4.78, 5) is 23.4. The number of hydrogen-bond donors (Lipinski definition) is 2. The fourth-order valence-corrected chi connectivity index (χ4v) is 4.18. The van der Waals surface area contributed by atoms with Gasteiger partial charge in [-0.1, -0.05) is 6.07 Å². The summed E-state index contributed by atoms with van der Waals surface area (Å²) in [5.74, 6) is 0.290. The number of aromatic amines is 1. The van der Waals surface area contributed by atoms with E-state index in [-0.39, 0.29) is 18.3 Å². The molecule has 6 rings (SSSR count). The van der Waals surface area contributed by atoms with Gasteiger partial charge in [-0.25, -0.2) is 14.4 Å². The lowest BCUT2D eigenvalue weighted by Crippen LogP contribution is -2.48. The number of anilines is 1. The molecule has 1 fully saturated rings.